The van der Waals surface area contributed by atoms with Crippen LogP contribution in [0.25, 0.3) is 21.9 Å². The van der Waals surface area contributed by atoms with Crippen molar-refractivity contribution in [2.45, 2.75) is 63.6 Å². The maximum absolute atomic E-state index is 14.0. The third-order valence-electron chi connectivity index (χ3n) is 9.53. The lowest BCUT2D eigenvalue weighted by Gasteiger charge is -2.46. The molecule has 0 saturated carbocycles. The van der Waals surface area contributed by atoms with Crippen LogP contribution in [0.5, 0.6) is 5.75 Å². The van der Waals surface area contributed by atoms with Crippen molar-refractivity contribution < 1.29 is 18.3 Å². The SMILES string of the molecule is O=C(NC1CCN(C[C@@H]2CCCN3CCCC[C@H]23)CC1)c1cc2c(OCc3coc4c(F)cccc34)cccc2[nH]1. The summed E-state index contributed by atoms with van der Waals surface area (Å²) in [5.41, 5.74) is 2.39. The molecule has 8 heteroatoms. The van der Waals surface area contributed by atoms with E-state index in [0.29, 0.717) is 16.8 Å². The summed E-state index contributed by atoms with van der Waals surface area (Å²) in [7, 11) is 0. The van der Waals surface area contributed by atoms with Gasteiger partial charge in [-0.2, -0.15) is 0 Å². The molecule has 2 aromatic carbocycles. The number of hydrogen-bond donors (Lipinski definition) is 2. The number of hydrogen-bond acceptors (Lipinski definition) is 5. The normalized spacial score (nSPS) is 22.7. The lowest BCUT2D eigenvalue weighted by atomic mass is 9.83. The van der Waals surface area contributed by atoms with E-state index in [0.717, 1.165) is 54.4 Å². The average molecular weight is 559 g/mol. The van der Waals surface area contributed by atoms with E-state index in [-0.39, 0.29) is 30.0 Å². The van der Waals surface area contributed by atoms with Crippen molar-refractivity contribution in [2.75, 3.05) is 32.7 Å². The van der Waals surface area contributed by atoms with Gasteiger partial charge in [0.25, 0.3) is 5.91 Å². The number of carbonyl (C=O) groups is 1. The minimum Gasteiger partial charge on any atom is -0.488 e. The number of benzene rings is 2. The van der Waals surface area contributed by atoms with E-state index >= 15 is 0 Å². The summed E-state index contributed by atoms with van der Waals surface area (Å²) in [5.74, 6) is 0.998. The molecular weight excluding hydrogens is 519 g/mol. The lowest BCUT2D eigenvalue weighted by Crippen LogP contribution is -2.52. The van der Waals surface area contributed by atoms with Gasteiger partial charge >= 0.3 is 0 Å². The van der Waals surface area contributed by atoms with Crippen molar-refractivity contribution in [1.29, 1.82) is 0 Å². The molecule has 7 rings (SSSR count). The summed E-state index contributed by atoms with van der Waals surface area (Å²) in [5, 5.41) is 4.82. The van der Waals surface area contributed by atoms with E-state index < -0.39 is 0 Å². The van der Waals surface area contributed by atoms with Gasteiger partial charge in [-0.1, -0.05) is 24.6 Å². The fourth-order valence-electron chi connectivity index (χ4n) is 7.36. The van der Waals surface area contributed by atoms with E-state index in [9.17, 15) is 9.18 Å². The van der Waals surface area contributed by atoms with Crippen LogP contribution in [0.3, 0.4) is 0 Å². The molecule has 3 saturated heterocycles. The Bertz CT molecular complexity index is 1520. The smallest absolute Gasteiger partial charge is 0.267 e. The van der Waals surface area contributed by atoms with Gasteiger partial charge in [0, 0.05) is 53.6 Å². The first-order chi connectivity index (χ1) is 20.1. The van der Waals surface area contributed by atoms with Crippen LogP contribution in [0, 0.1) is 11.7 Å². The highest BCUT2D eigenvalue weighted by atomic mass is 19.1. The quantitative estimate of drug-likeness (QED) is 0.287. The number of amides is 1. The zero-order valence-electron chi connectivity index (χ0n) is 23.5. The molecule has 0 spiro atoms. The highest BCUT2D eigenvalue weighted by Gasteiger charge is 2.34. The van der Waals surface area contributed by atoms with Crippen LogP contribution in [0.2, 0.25) is 0 Å². The topological polar surface area (TPSA) is 73.7 Å². The van der Waals surface area contributed by atoms with Crippen molar-refractivity contribution in [3.05, 3.63) is 65.8 Å². The van der Waals surface area contributed by atoms with Gasteiger partial charge < -0.3 is 29.3 Å². The third kappa shape index (κ3) is 5.47. The number of aromatic amines is 1. The van der Waals surface area contributed by atoms with E-state index in [1.807, 2.05) is 30.3 Å². The van der Waals surface area contributed by atoms with Gasteiger partial charge in [-0.05, 0) is 81.8 Å². The van der Waals surface area contributed by atoms with E-state index in [1.54, 1.807) is 6.07 Å². The largest absolute Gasteiger partial charge is 0.488 e. The highest BCUT2D eigenvalue weighted by Crippen LogP contribution is 2.32. The van der Waals surface area contributed by atoms with Crippen LogP contribution in [0.1, 0.15) is 61.0 Å². The second-order valence-corrected chi connectivity index (χ2v) is 12.1. The molecule has 0 radical (unpaired) electrons. The Kier molecular flexibility index (Phi) is 7.44. The van der Waals surface area contributed by atoms with Gasteiger partial charge in [-0.15, -0.1) is 0 Å². The molecular formula is C33H39FN4O3. The van der Waals surface area contributed by atoms with Gasteiger partial charge in [0.05, 0.1) is 6.26 Å². The summed E-state index contributed by atoms with van der Waals surface area (Å²) in [6, 6.07) is 13.4. The Morgan fingerprint density at radius 3 is 2.76 bits per heavy atom. The third-order valence-corrected chi connectivity index (χ3v) is 9.53. The van der Waals surface area contributed by atoms with Crippen molar-refractivity contribution in [2.24, 2.45) is 5.92 Å². The number of halogens is 1. The van der Waals surface area contributed by atoms with Gasteiger partial charge in [0.1, 0.15) is 18.1 Å². The molecule has 3 aliphatic heterocycles. The number of H-pyrrole nitrogens is 1. The Morgan fingerprint density at radius 2 is 1.85 bits per heavy atom. The molecule has 0 aliphatic carbocycles. The Hall–Kier alpha value is -3.36. The molecule has 3 aliphatic rings. The Balaban J connectivity index is 0.951. The van der Waals surface area contributed by atoms with Crippen LogP contribution in [0.4, 0.5) is 4.39 Å². The van der Waals surface area contributed by atoms with Crippen molar-refractivity contribution in [3.63, 3.8) is 0 Å². The number of piperidine rings is 3. The molecule has 4 aromatic rings. The van der Waals surface area contributed by atoms with Gasteiger partial charge in [0.15, 0.2) is 11.4 Å². The van der Waals surface area contributed by atoms with Crippen LogP contribution in [-0.2, 0) is 6.61 Å². The molecule has 2 aromatic heterocycles. The zero-order valence-corrected chi connectivity index (χ0v) is 23.5. The second kappa shape index (κ2) is 11.5. The Labute approximate surface area is 240 Å². The van der Waals surface area contributed by atoms with Crippen LogP contribution < -0.4 is 10.1 Å². The summed E-state index contributed by atoms with van der Waals surface area (Å²) in [6.45, 7) is 6.12. The summed E-state index contributed by atoms with van der Waals surface area (Å²) in [6.07, 6.45) is 10.3. The summed E-state index contributed by atoms with van der Waals surface area (Å²) >= 11 is 0. The maximum atomic E-state index is 14.0. The first-order valence-corrected chi connectivity index (χ1v) is 15.3. The summed E-state index contributed by atoms with van der Waals surface area (Å²) < 4.78 is 25.5. The number of rotatable bonds is 7. The summed E-state index contributed by atoms with van der Waals surface area (Å²) in [4.78, 5) is 21.9. The van der Waals surface area contributed by atoms with Crippen molar-refractivity contribution in [3.8, 4) is 5.75 Å². The minimum absolute atomic E-state index is 0.0768. The predicted molar refractivity (Wildman–Crippen MR) is 158 cm³/mol. The first-order valence-electron chi connectivity index (χ1n) is 15.3. The fraction of sp³-hybridized carbons (Fsp3) is 0.485. The van der Waals surface area contributed by atoms with Crippen LogP contribution in [-0.4, -0.2) is 65.5 Å². The fourth-order valence-corrected chi connectivity index (χ4v) is 7.36. The van der Waals surface area contributed by atoms with Gasteiger partial charge in [0.2, 0.25) is 0 Å². The average Bonchev–Trinajstić information content (AvgIpc) is 3.63. The molecule has 1 amide bonds. The number of carbonyl (C=O) groups excluding carboxylic acids is 1. The second-order valence-electron chi connectivity index (χ2n) is 12.1. The number of likely N-dealkylation sites (tertiary alicyclic amines) is 1. The number of nitrogens with zero attached hydrogens (tertiary/aromatic N) is 2. The lowest BCUT2D eigenvalue weighted by molar-refractivity contribution is 0.0351. The van der Waals surface area contributed by atoms with E-state index in [2.05, 4.69) is 20.1 Å². The monoisotopic (exact) mass is 558 g/mol. The molecule has 216 valence electrons. The van der Waals surface area contributed by atoms with Gasteiger partial charge in [-0.25, -0.2) is 4.39 Å². The molecule has 2 N–H and O–H groups in total. The number of fused-ring (bicyclic) bond motifs is 3. The Morgan fingerprint density at radius 1 is 1.00 bits per heavy atom. The number of para-hydroxylation sites is 1. The van der Waals surface area contributed by atoms with Crippen molar-refractivity contribution >= 4 is 27.8 Å². The number of nitrogens with one attached hydrogen (secondary N) is 2. The standard InChI is InChI=1S/C33H39FN4O3/c34-27-8-3-7-25-23(21-41-32(25)27)20-40-31-11-4-9-28-26(31)18-29(36-28)33(39)35-24-12-16-37(17-13-24)19-22-6-5-15-38-14-2-1-10-30(22)38/h3-4,7-9,11,18,21-22,24,30,36H,1-2,5-6,10,12-17,19-20H2,(H,35,39)/t22-,30+/m0/s1. The van der Waals surface area contributed by atoms with Crippen LogP contribution >= 0.6 is 0 Å². The number of ether oxygens (including phenoxy) is 1. The molecule has 0 unspecified atom stereocenters. The number of furan rings is 1. The zero-order chi connectivity index (χ0) is 27.8. The van der Waals surface area contributed by atoms with Gasteiger partial charge in [-0.3, -0.25) is 4.79 Å². The maximum Gasteiger partial charge on any atom is 0.267 e. The van der Waals surface area contributed by atoms with E-state index in [1.165, 1.54) is 64.1 Å². The first kappa shape index (κ1) is 26.5. The molecule has 7 nitrogen and oxygen atoms in total. The molecule has 5 heterocycles. The molecule has 3 fully saturated rings. The van der Waals surface area contributed by atoms with Crippen molar-refractivity contribution in [1.82, 2.24) is 20.1 Å². The molecule has 41 heavy (non-hydrogen) atoms. The molecule has 2 atom stereocenters. The predicted octanol–water partition coefficient (Wildman–Crippen LogP) is 6.09. The minimum atomic E-state index is -0.386. The molecule has 0 bridgehead atoms. The van der Waals surface area contributed by atoms with Crippen LogP contribution in [0.15, 0.2) is 53.1 Å². The van der Waals surface area contributed by atoms with E-state index in [4.69, 9.17) is 9.15 Å². The highest BCUT2D eigenvalue weighted by molar-refractivity contribution is 5.99. The number of aromatic nitrogens is 1.